The van der Waals surface area contributed by atoms with Crippen LogP contribution < -0.4 is 10.0 Å². The molecular weight excluding hydrogens is 526 g/mol. The second-order valence-corrected chi connectivity index (χ2v) is 10.8. The summed E-state index contributed by atoms with van der Waals surface area (Å²) in [6.45, 7) is 10.3. The molecule has 2 aromatic carbocycles. The number of rotatable bonds is 10. The zero-order valence-corrected chi connectivity index (χ0v) is 23.5. The first-order valence-electron chi connectivity index (χ1n) is 12.1. The number of hydrogen-bond donors (Lipinski definition) is 2. The number of aryl methyl sites for hydroxylation is 3. The molecule has 2 N–H and O–H groups in total. The van der Waals surface area contributed by atoms with Crippen LogP contribution in [0, 0.1) is 27.7 Å². The molecule has 0 unspecified atom stereocenters. The van der Waals surface area contributed by atoms with Crippen molar-refractivity contribution in [3.8, 4) is 11.1 Å². The lowest BCUT2D eigenvalue weighted by atomic mass is 9.97. The van der Waals surface area contributed by atoms with Crippen LogP contribution in [-0.4, -0.2) is 30.1 Å². The molecule has 0 fully saturated rings. The monoisotopic (exact) mass is 555 g/mol. The van der Waals surface area contributed by atoms with Gasteiger partial charge in [0.2, 0.25) is 0 Å². The summed E-state index contributed by atoms with van der Waals surface area (Å²) in [5, 5.41) is 7.61. The van der Waals surface area contributed by atoms with Crippen LogP contribution in [0.2, 0.25) is 5.02 Å². The van der Waals surface area contributed by atoms with Gasteiger partial charge in [0, 0.05) is 24.3 Å². The van der Waals surface area contributed by atoms with Gasteiger partial charge < -0.3 is 14.6 Å². The minimum Gasteiger partial charge on any atom is -0.377 e. The largest absolute Gasteiger partial charge is 0.377 e. The Bertz CT molecular complexity index is 1570. The van der Waals surface area contributed by atoms with Crippen LogP contribution in [0.25, 0.3) is 11.1 Å². The van der Waals surface area contributed by atoms with Crippen molar-refractivity contribution in [3.63, 3.8) is 0 Å². The SMILES string of the molecule is CCOCc1cc(CNc2nc(C)nc(C)c2Cl)ccc1-c1ccccc1S(=O)(=O)Nc1noc(C)c1C. The van der Waals surface area contributed by atoms with E-state index in [-0.39, 0.29) is 10.7 Å². The standard InChI is InChI=1S/C27H30ClN5O4S/c1-6-36-15-21-13-20(14-29-27-25(28)17(3)30-19(5)31-27)11-12-22(21)23-9-7-8-10-24(23)38(34,35)33-26-16(2)18(4)37-32-26/h7-13H,6,14-15H2,1-5H3,(H,32,33)(H,29,30,31). The molecule has 0 aliphatic heterocycles. The molecule has 9 nitrogen and oxygen atoms in total. The molecule has 2 heterocycles. The molecule has 0 spiro atoms. The van der Waals surface area contributed by atoms with Gasteiger partial charge in [-0.25, -0.2) is 18.4 Å². The molecule has 200 valence electrons. The normalized spacial score (nSPS) is 11.5. The van der Waals surface area contributed by atoms with Gasteiger partial charge in [-0.1, -0.05) is 53.2 Å². The highest BCUT2D eigenvalue weighted by Crippen LogP contribution is 2.33. The highest BCUT2D eigenvalue weighted by atomic mass is 35.5. The summed E-state index contributed by atoms with van der Waals surface area (Å²) < 4.78 is 40.3. The van der Waals surface area contributed by atoms with Crippen molar-refractivity contribution in [2.24, 2.45) is 0 Å². The lowest BCUT2D eigenvalue weighted by Crippen LogP contribution is -2.15. The zero-order valence-electron chi connectivity index (χ0n) is 21.9. The molecular formula is C27H30ClN5O4S. The second-order valence-electron chi connectivity index (χ2n) is 8.82. The summed E-state index contributed by atoms with van der Waals surface area (Å²) >= 11 is 6.39. The molecule has 4 aromatic rings. The minimum atomic E-state index is -3.96. The molecule has 0 saturated carbocycles. The van der Waals surface area contributed by atoms with Gasteiger partial charge >= 0.3 is 0 Å². The fourth-order valence-electron chi connectivity index (χ4n) is 3.97. The fourth-order valence-corrected chi connectivity index (χ4v) is 5.40. The number of anilines is 2. The lowest BCUT2D eigenvalue weighted by Gasteiger charge is -2.17. The van der Waals surface area contributed by atoms with Crippen molar-refractivity contribution in [2.75, 3.05) is 16.6 Å². The predicted octanol–water partition coefficient (Wildman–Crippen LogP) is 5.97. The fraction of sp³-hybridized carbons (Fsp3) is 0.296. The Labute approximate surface area is 227 Å². The summed E-state index contributed by atoms with van der Waals surface area (Å²) in [6, 6.07) is 12.7. The number of sulfonamides is 1. The number of aromatic nitrogens is 3. The van der Waals surface area contributed by atoms with Gasteiger partial charge in [-0.2, -0.15) is 0 Å². The zero-order chi connectivity index (χ0) is 27.4. The Balaban J connectivity index is 1.69. The van der Waals surface area contributed by atoms with E-state index in [1.54, 1.807) is 32.0 Å². The highest BCUT2D eigenvalue weighted by Gasteiger charge is 2.23. The third-order valence-corrected chi connectivity index (χ3v) is 7.92. The van der Waals surface area contributed by atoms with Crippen LogP contribution in [0.3, 0.4) is 0 Å². The van der Waals surface area contributed by atoms with E-state index in [0.29, 0.717) is 59.0 Å². The Morgan fingerprint density at radius 2 is 1.76 bits per heavy atom. The van der Waals surface area contributed by atoms with Gasteiger partial charge in [-0.05, 0) is 57.4 Å². The van der Waals surface area contributed by atoms with Crippen LogP contribution in [0.5, 0.6) is 0 Å². The summed E-state index contributed by atoms with van der Waals surface area (Å²) in [7, 11) is -3.96. The van der Waals surface area contributed by atoms with Crippen molar-refractivity contribution in [1.29, 1.82) is 0 Å². The first-order valence-corrected chi connectivity index (χ1v) is 14.0. The molecule has 2 aromatic heterocycles. The maximum Gasteiger partial charge on any atom is 0.263 e. The maximum absolute atomic E-state index is 13.4. The van der Waals surface area contributed by atoms with Crippen molar-refractivity contribution in [3.05, 3.63) is 81.5 Å². The molecule has 0 atom stereocenters. The highest BCUT2D eigenvalue weighted by molar-refractivity contribution is 7.92. The van der Waals surface area contributed by atoms with Gasteiger partial charge in [0.05, 0.1) is 17.2 Å². The number of nitrogens with zero attached hydrogens (tertiary/aromatic N) is 3. The number of nitrogens with one attached hydrogen (secondary N) is 2. The van der Waals surface area contributed by atoms with Gasteiger partial charge in [-0.15, -0.1) is 0 Å². The average Bonchev–Trinajstić information content (AvgIpc) is 3.20. The van der Waals surface area contributed by atoms with E-state index in [9.17, 15) is 8.42 Å². The van der Waals surface area contributed by atoms with Crippen molar-refractivity contribution < 1.29 is 17.7 Å². The van der Waals surface area contributed by atoms with Gasteiger partial charge in [0.25, 0.3) is 10.0 Å². The average molecular weight is 556 g/mol. The van der Waals surface area contributed by atoms with E-state index in [4.69, 9.17) is 20.9 Å². The number of benzene rings is 2. The maximum atomic E-state index is 13.4. The summed E-state index contributed by atoms with van der Waals surface area (Å²) in [4.78, 5) is 8.81. The van der Waals surface area contributed by atoms with Crippen LogP contribution >= 0.6 is 11.6 Å². The topological polar surface area (TPSA) is 119 Å². The molecule has 0 saturated heterocycles. The Morgan fingerprint density at radius 3 is 2.47 bits per heavy atom. The van der Waals surface area contributed by atoms with Crippen LogP contribution in [0.1, 0.15) is 40.9 Å². The Morgan fingerprint density at radius 1 is 1.00 bits per heavy atom. The molecule has 0 radical (unpaired) electrons. The van der Waals surface area contributed by atoms with Crippen LogP contribution in [0.15, 0.2) is 51.9 Å². The first-order chi connectivity index (χ1) is 18.1. The van der Waals surface area contributed by atoms with E-state index in [1.807, 2.05) is 45.0 Å². The summed E-state index contributed by atoms with van der Waals surface area (Å²) in [5.41, 5.74) is 4.45. The molecule has 0 aliphatic rings. The van der Waals surface area contributed by atoms with Crippen LogP contribution in [0.4, 0.5) is 11.6 Å². The minimum absolute atomic E-state index is 0.127. The third-order valence-electron chi connectivity index (χ3n) is 6.07. The van der Waals surface area contributed by atoms with Crippen molar-refractivity contribution >= 4 is 33.3 Å². The van der Waals surface area contributed by atoms with Crippen LogP contribution in [-0.2, 0) is 27.9 Å². The predicted molar refractivity (Wildman–Crippen MR) is 148 cm³/mol. The Kier molecular flexibility index (Phi) is 8.35. The summed E-state index contributed by atoms with van der Waals surface area (Å²) in [6.07, 6.45) is 0. The lowest BCUT2D eigenvalue weighted by molar-refractivity contribution is 0.134. The quantitative estimate of drug-likeness (QED) is 0.246. The van der Waals surface area contributed by atoms with Crippen molar-refractivity contribution in [1.82, 2.24) is 15.1 Å². The molecule has 38 heavy (non-hydrogen) atoms. The molecule has 0 bridgehead atoms. The van der Waals surface area contributed by atoms with Gasteiger partial charge in [0.15, 0.2) is 5.82 Å². The molecule has 4 rings (SSSR count). The number of hydrogen-bond acceptors (Lipinski definition) is 8. The smallest absolute Gasteiger partial charge is 0.263 e. The van der Waals surface area contributed by atoms with E-state index >= 15 is 0 Å². The van der Waals surface area contributed by atoms with E-state index in [2.05, 4.69) is 25.2 Å². The number of halogens is 1. The van der Waals surface area contributed by atoms with Gasteiger partial charge in [-0.3, -0.25) is 4.72 Å². The second kappa shape index (κ2) is 11.5. The number of ether oxygens (including phenoxy) is 1. The molecule has 11 heteroatoms. The molecule has 0 aliphatic carbocycles. The summed E-state index contributed by atoms with van der Waals surface area (Å²) in [5.74, 6) is 1.91. The third kappa shape index (κ3) is 5.98. The van der Waals surface area contributed by atoms with E-state index in [0.717, 1.165) is 16.7 Å². The Hall–Kier alpha value is -3.47. The van der Waals surface area contributed by atoms with Gasteiger partial charge in [0.1, 0.15) is 22.4 Å². The molecule has 0 amide bonds. The van der Waals surface area contributed by atoms with Crippen molar-refractivity contribution in [2.45, 2.75) is 52.7 Å². The first kappa shape index (κ1) is 27.6. The van der Waals surface area contributed by atoms with E-state index in [1.165, 1.54) is 0 Å². The van der Waals surface area contributed by atoms with E-state index < -0.39 is 10.0 Å².